The molecule has 13 N–H and O–H groups in total. The number of primary amides is 2. The van der Waals surface area contributed by atoms with Crippen LogP contribution in [-0.4, -0.2) is 169 Å². The number of ether oxygens (including phenoxy) is 3. The summed E-state index contributed by atoms with van der Waals surface area (Å²) in [6.07, 6.45) is 2.73. The second-order valence-corrected chi connectivity index (χ2v) is 25.8. The summed E-state index contributed by atoms with van der Waals surface area (Å²) in [7, 11) is 3.70. The third kappa shape index (κ3) is 33.2. The van der Waals surface area contributed by atoms with Crippen LogP contribution in [0, 0.1) is 23.7 Å². The minimum Gasteiger partial charge on any atom is -0.480 e. The molecule has 0 aliphatic rings. The normalized spacial score (nSPS) is 13.5. The number of aliphatic carboxylic acids is 1. The molecule has 2 aromatic rings. The maximum atomic E-state index is 13.4. The zero-order valence-corrected chi connectivity index (χ0v) is 56.4. The summed E-state index contributed by atoms with van der Waals surface area (Å²) in [5.41, 5.74) is 11.8. The van der Waals surface area contributed by atoms with Gasteiger partial charge < -0.3 is 73.3 Å². The number of nitrogens with two attached hydrogens (primary N) is 2. The van der Waals surface area contributed by atoms with Gasteiger partial charge in [0, 0.05) is 37.6 Å². The zero-order chi connectivity index (χ0) is 68.6. The average Bonchev–Trinajstić information content (AvgIpc) is 1.83. The maximum Gasteiger partial charge on any atom is 0.408 e. The number of anilines is 2. The molecule has 26 nitrogen and oxygen atoms in total. The number of nitrogens with one attached hydrogen (secondary N) is 8. The Balaban J connectivity index is 0.000000904. The number of hydrogen-bond acceptors (Lipinski definition) is 15. The van der Waals surface area contributed by atoms with Crippen molar-refractivity contribution in [3.63, 3.8) is 0 Å². The first-order chi connectivity index (χ1) is 41.8. The van der Waals surface area contributed by atoms with Crippen LogP contribution >= 0.6 is 0 Å². The quantitative estimate of drug-likeness (QED) is 0.0196. The molecule has 0 saturated carbocycles. The number of hydrogen-bond donors (Lipinski definition) is 11. The molecule has 0 fully saturated rings. The van der Waals surface area contributed by atoms with Crippen molar-refractivity contribution < 1.29 is 67.3 Å². The van der Waals surface area contributed by atoms with E-state index in [-0.39, 0.29) is 61.6 Å². The van der Waals surface area contributed by atoms with Gasteiger partial charge in [-0.15, -0.1) is 0 Å². The number of urea groups is 2. The number of rotatable bonds is 35. The van der Waals surface area contributed by atoms with Crippen LogP contribution in [0.1, 0.15) is 154 Å². The molecule has 0 saturated heterocycles. The smallest absolute Gasteiger partial charge is 0.408 e. The van der Waals surface area contributed by atoms with Gasteiger partial charge in [-0.25, -0.2) is 19.2 Å². The fourth-order valence-corrected chi connectivity index (χ4v) is 9.24. The highest BCUT2D eigenvalue weighted by atomic mass is 16.6. The fourth-order valence-electron chi connectivity index (χ4n) is 9.24. The van der Waals surface area contributed by atoms with E-state index in [9.17, 15) is 53.1 Å². The molecule has 90 heavy (non-hydrogen) atoms. The number of carboxylic acids is 1. The van der Waals surface area contributed by atoms with E-state index < -0.39 is 95.3 Å². The number of amides is 10. The summed E-state index contributed by atoms with van der Waals surface area (Å²) < 4.78 is 16.1. The molecule has 0 radical (unpaired) electrons. The van der Waals surface area contributed by atoms with E-state index in [4.69, 9.17) is 25.7 Å². The predicted octanol–water partition coefficient (Wildman–Crippen LogP) is 6.64. The Bertz CT molecular complexity index is 2590. The van der Waals surface area contributed by atoms with Crippen molar-refractivity contribution in [1.29, 1.82) is 0 Å². The third-order valence-corrected chi connectivity index (χ3v) is 13.8. The van der Waals surface area contributed by atoms with Gasteiger partial charge in [-0.3, -0.25) is 38.6 Å². The van der Waals surface area contributed by atoms with E-state index >= 15 is 0 Å². The number of carbonyl (C=O) groups is 10. The van der Waals surface area contributed by atoms with E-state index in [2.05, 4.69) is 49.5 Å². The molecular formula is C64H108N12O14. The number of unbranched alkanes of at least 4 members (excludes halogenated alkanes) is 1. The summed E-state index contributed by atoms with van der Waals surface area (Å²) in [6.45, 7) is 29.2. The molecule has 0 aliphatic heterocycles. The number of nitrogens with zero attached hydrogens (tertiary/aromatic N) is 2. The highest BCUT2D eigenvalue weighted by Crippen LogP contribution is 2.19. The summed E-state index contributed by atoms with van der Waals surface area (Å²) in [4.78, 5) is 128. The molecule has 0 aliphatic carbocycles. The Morgan fingerprint density at radius 2 is 0.867 bits per heavy atom. The van der Waals surface area contributed by atoms with Gasteiger partial charge in [0.25, 0.3) is 0 Å². The Morgan fingerprint density at radius 1 is 0.511 bits per heavy atom. The first-order valence-electron chi connectivity index (χ1n) is 31.1. The number of benzene rings is 2. The highest BCUT2D eigenvalue weighted by Gasteiger charge is 2.33. The van der Waals surface area contributed by atoms with Crippen molar-refractivity contribution in [3.05, 3.63) is 59.7 Å². The van der Waals surface area contributed by atoms with Crippen LogP contribution in [0.5, 0.6) is 0 Å². The Hall–Kier alpha value is -7.74. The van der Waals surface area contributed by atoms with Gasteiger partial charge >= 0.3 is 36.2 Å². The summed E-state index contributed by atoms with van der Waals surface area (Å²) in [5.74, 6) is -3.62. The SMILES string of the molecule is CC(C)[C@H](NC(=O)OC(C)(C)C)C(=O)N[C@@H](CCCNC(N)=O)C(=O)Nc1ccc(CCN(C)[C@H](C(=O)O)C(C)C)cc1.CCCCOC(=O)[C@H](C(C)C)N(C)CCc1ccc(NC(=O)[C@H](CCCNC(N)=O)NC(=O)[C@@H](NC(=O)OC(C)(C)C)C(C)C)cc1. The Kier molecular flexibility index (Phi) is 35.8. The van der Waals surface area contributed by atoms with Gasteiger partial charge in [-0.1, -0.05) is 93.0 Å². The van der Waals surface area contributed by atoms with Gasteiger partial charge in [0.15, 0.2) is 0 Å². The molecule has 0 aromatic heterocycles. The number of esters is 1. The number of carbonyl (C=O) groups excluding carboxylic acids is 9. The fraction of sp³-hybridized carbons (Fsp3) is 0.656. The average molecular weight is 1270 g/mol. The van der Waals surface area contributed by atoms with Crippen LogP contribution < -0.4 is 54.0 Å². The van der Waals surface area contributed by atoms with Crippen LogP contribution in [0.15, 0.2) is 48.5 Å². The van der Waals surface area contributed by atoms with Crippen molar-refractivity contribution in [2.75, 3.05) is 57.5 Å². The lowest BCUT2D eigenvalue weighted by atomic mass is 10.0. The minimum atomic E-state index is -0.971. The van der Waals surface area contributed by atoms with Crippen molar-refractivity contribution >= 4 is 71.2 Å². The second kappa shape index (κ2) is 40.1. The largest absolute Gasteiger partial charge is 0.480 e. The Morgan fingerprint density at radius 3 is 1.17 bits per heavy atom. The summed E-state index contributed by atoms with van der Waals surface area (Å²) in [5, 5.41) is 30.8. The van der Waals surface area contributed by atoms with Crippen molar-refractivity contribution in [2.45, 2.75) is 203 Å². The molecule has 0 bridgehead atoms. The van der Waals surface area contributed by atoms with Crippen LogP contribution in [0.25, 0.3) is 0 Å². The molecule has 0 unspecified atom stereocenters. The predicted molar refractivity (Wildman–Crippen MR) is 347 cm³/mol. The lowest BCUT2D eigenvalue weighted by Crippen LogP contribution is -2.55. The number of likely N-dealkylation sites (N-methyl/N-ethyl adjacent to an activating group) is 2. The first-order valence-corrected chi connectivity index (χ1v) is 31.1. The third-order valence-electron chi connectivity index (χ3n) is 13.8. The lowest BCUT2D eigenvalue weighted by molar-refractivity contribution is -0.151. The molecule has 0 heterocycles. The number of alkyl carbamates (subject to hydrolysis) is 2. The van der Waals surface area contributed by atoms with Gasteiger partial charge in [-0.2, -0.15) is 0 Å². The zero-order valence-electron chi connectivity index (χ0n) is 56.4. The van der Waals surface area contributed by atoms with E-state index in [1.165, 1.54) is 0 Å². The molecule has 2 rings (SSSR count). The standard InChI is InChI=1S/C34H58N6O7.C30H50N6O7/c1-10-11-21-46-31(43)28(23(4)5)40(9)20-18-24-14-16-25(17-15-24)37-29(41)26(13-12-19-36-32(35)44)38-30(42)27(22(2)3)39-33(45)47-34(6,7)8;1-18(2)23(35-29(42)43-30(5,6)7)26(38)34-22(10-9-16-32-28(31)41)25(37)33-21-13-11-20(12-14-21)15-17-36(8)24(19(3)4)27(39)40/h14-17,22-23,26-28H,10-13,18-21H2,1-9H3,(H,37,41)(H,38,42)(H,39,45)(H3,35,36,44);11-14,18-19,22-24H,9-10,15-17H2,1-8H3,(H,33,37)(H,34,38)(H,35,42)(H,39,40)(H3,31,32,41)/t26-,27-,28-;22-,23-,24-/m00/s1. The van der Waals surface area contributed by atoms with Gasteiger partial charge in [0.2, 0.25) is 23.6 Å². The van der Waals surface area contributed by atoms with E-state index in [0.717, 1.165) is 24.0 Å². The molecule has 6 atom stereocenters. The van der Waals surface area contributed by atoms with Crippen molar-refractivity contribution in [1.82, 2.24) is 41.7 Å². The van der Waals surface area contributed by atoms with Gasteiger partial charge in [0.05, 0.1) is 6.61 Å². The Labute approximate surface area is 533 Å². The van der Waals surface area contributed by atoms with E-state index in [1.54, 1.807) is 101 Å². The van der Waals surface area contributed by atoms with Crippen molar-refractivity contribution in [2.24, 2.45) is 35.1 Å². The molecule has 10 amide bonds. The topological polar surface area (TPSA) is 373 Å². The highest BCUT2D eigenvalue weighted by molar-refractivity contribution is 5.99. The van der Waals surface area contributed by atoms with Crippen LogP contribution in [-0.2, 0) is 55.8 Å². The summed E-state index contributed by atoms with van der Waals surface area (Å²) in [6, 6.07) is 8.37. The van der Waals surface area contributed by atoms with Gasteiger partial charge in [-0.05, 0) is 160 Å². The van der Waals surface area contributed by atoms with Crippen molar-refractivity contribution in [3.8, 4) is 0 Å². The van der Waals surface area contributed by atoms with Crippen LogP contribution in [0.3, 0.4) is 0 Å². The van der Waals surface area contributed by atoms with E-state index in [1.807, 2.05) is 68.8 Å². The summed E-state index contributed by atoms with van der Waals surface area (Å²) >= 11 is 0. The van der Waals surface area contributed by atoms with Gasteiger partial charge in [0.1, 0.15) is 47.5 Å². The van der Waals surface area contributed by atoms with Crippen LogP contribution in [0.4, 0.5) is 30.6 Å². The molecule has 2 aromatic carbocycles. The number of carboxylic acid groups (broad SMARTS) is 1. The van der Waals surface area contributed by atoms with Crippen LogP contribution in [0.2, 0.25) is 0 Å². The molecular weight excluding hydrogens is 1160 g/mol. The molecule has 508 valence electrons. The molecule has 26 heteroatoms. The van der Waals surface area contributed by atoms with E-state index in [0.29, 0.717) is 56.8 Å². The maximum absolute atomic E-state index is 13.4. The lowest BCUT2D eigenvalue weighted by Gasteiger charge is -2.29. The monoisotopic (exact) mass is 1270 g/mol. The second-order valence-electron chi connectivity index (χ2n) is 25.8. The minimum absolute atomic E-state index is 0.0380. The first kappa shape index (κ1) is 80.3. The molecule has 0 spiro atoms.